The van der Waals surface area contributed by atoms with Gasteiger partial charge in [-0.3, -0.25) is 14.5 Å². The molecule has 1 aliphatic rings. The molecule has 23 heavy (non-hydrogen) atoms. The molecule has 1 fully saturated rings. The number of piperazine rings is 1. The Kier molecular flexibility index (Phi) is 4.57. The first kappa shape index (κ1) is 15.5. The van der Waals surface area contributed by atoms with Gasteiger partial charge in [0.25, 0.3) is 0 Å². The number of carbonyl (C=O) groups excluding carboxylic acids is 2. The molecule has 1 saturated heterocycles. The Balaban J connectivity index is 1.86. The SMILES string of the molecule is CNC(=O)CC1C(=O)NCCN1Cc1cccc2ccccc12. The van der Waals surface area contributed by atoms with Crippen molar-refractivity contribution in [2.75, 3.05) is 20.1 Å². The average Bonchev–Trinajstić information content (AvgIpc) is 2.58. The largest absolute Gasteiger partial charge is 0.359 e. The van der Waals surface area contributed by atoms with E-state index < -0.39 is 6.04 Å². The average molecular weight is 311 g/mol. The first-order valence-corrected chi connectivity index (χ1v) is 7.88. The van der Waals surface area contributed by atoms with E-state index in [-0.39, 0.29) is 18.2 Å². The summed E-state index contributed by atoms with van der Waals surface area (Å²) in [6.45, 7) is 2.03. The molecule has 1 unspecified atom stereocenters. The van der Waals surface area contributed by atoms with Gasteiger partial charge in [0.1, 0.15) is 0 Å². The summed E-state index contributed by atoms with van der Waals surface area (Å²) >= 11 is 0. The molecule has 1 atom stereocenters. The maximum atomic E-state index is 12.2. The topological polar surface area (TPSA) is 61.4 Å². The second kappa shape index (κ2) is 6.79. The first-order chi connectivity index (χ1) is 11.2. The fraction of sp³-hybridized carbons (Fsp3) is 0.333. The monoisotopic (exact) mass is 311 g/mol. The van der Waals surface area contributed by atoms with Gasteiger partial charge in [-0.2, -0.15) is 0 Å². The van der Waals surface area contributed by atoms with Crippen LogP contribution in [0.3, 0.4) is 0 Å². The Morgan fingerprint density at radius 1 is 1.26 bits per heavy atom. The fourth-order valence-electron chi connectivity index (χ4n) is 3.10. The molecule has 1 heterocycles. The van der Waals surface area contributed by atoms with Gasteiger partial charge in [0.05, 0.1) is 12.5 Å². The van der Waals surface area contributed by atoms with Gasteiger partial charge in [-0.1, -0.05) is 42.5 Å². The standard InChI is InChI=1S/C18H21N3O2/c1-19-17(22)11-16-18(23)20-9-10-21(16)12-14-7-4-6-13-5-2-3-8-15(13)14/h2-8,16H,9-12H2,1H3,(H,19,22)(H,20,23). The minimum absolute atomic E-state index is 0.0694. The van der Waals surface area contributed by atoms with Crippen molar-refractivity contribution in [2.24, 2.45) is 0 Å². The highest BCUT2D eigenvalue weighted by molar-refractivity contribution is 5.89. The molecular weight excluding hydrogens is 290 g/mol. The molecule has 0 saturated carbocycles. The number of rotatable bonds is 4. The zero-order valence-electron chi connectivity index (χ0n) is 13.2. The van der Waals surface area contributed by atoms with Crippen LogP contribution in [0.1, 0.15) is 12.0 Å². The van der Waals surface area contributed by atoms with Crippen LogP contribution in [0.15, 0.2) is 42.5 Å². The number of benzene rings is 2. The van der Waals surface area contributed by atoms with Crippen LogP contribution in [-0.4, -0.2) is 42.9 Å². The van der Waals surface area contributed by atoms with Gasteiger partial charge < -0.3 is 10.6 Å². The molecule has 0 aromatic heterocycles. The van der Waals surface area contributed by atoms with E-state index in [1.165, 1.54) is 16.3 Å². The smallest absolute Gasteiger partial charge is 0.237 e. The van der Waals surface area contributed by atoms with Crippen LogP contribution >= 0.6 is 0 Å². The number of amides is 2. The van der Waals surface area contributed by atoms with Gasteiger partial charge in [-0.15, -0.1) is 0 Å². The summed E-state index contributed by atoms with van der Waals surface area (Å²) in [4.78, 5) is 26.0. The highest BCUT2D eigenvalue weighted by Gasteiger charge is 2.31. The molecule has 5 nitrogen and oxygen atoms in total. The molecule has 2 amide bonds. The second-order valence-electron chi connectivity index (χ2n) is 5.79. The maximum absolute atomic E-state index is 12.2. The summed E-state index contributed by atoms with van der Waals surface area (Å²) in [5.41, 5.74) is 1.18. The van der Waals surface area contributed by atoms with Gasteiger partial charge in [0.15, 0.2) is 0 Å². The normalized spacial score (nSPS) is 18.7. The fourth-order valence-corrected chi connectivity index (χ4v) is 3.10. The molecule has 2 N–H and O–H groups in total. The van der Waals surface area contributed by atoms with Crippen LogP contribution in [0.4, 0.5) is 0 Å². The Labute approximate surface area is 135 Å². The number of fused-ring (bicyclic) bond motifs is 1. The van der Waals surface area contributed by atoms with Crippen LogP contribution in [0.2, 0.25) is 0 Å². The van der Waals surface area contributed by atoms with E-state index in [1.807, 2.05) is 18.2 Å². The van der Waals surface area contributed by atoms with Crippen molar-refractivity contribution in [2.45, 2.75) is 19.0 Å². The Hall–Kier alpha value is -2.40. The minimum Gasteiger partial charge on any atom is -0.359 e. The van der Waals surface area contributed by atoms with Crippen molar-refractivity contribution in [3.05, 3.63) is 48.0 Å². The predicted molar refractivity (Wildman–Crippen MR) is 89.8 cm³/mol. The molecule has 5 heteroatoms. The lowest BCUT2D eigenvalue weighted by molar-refractivity contribution is -0.134. The van der Waals surface area contributed by atoms with Crippen molar-refractivity contribution >= 4 is 22.6 Å². The number of nitrogens with zero attached hydrogens (tertiary/aromatic N) is 1. The summed E-state index contributed by atoms with van der Waals surface area (Å²) in [6, 6.07) is 14.0. The van der Waals surface area contributed by atoms with Crippen LogP contribution in [-0.2, 0) is 16.1 Å². The molecule has 0 aliphatic carbocycles. The first-order valence-electron chi connectivity index (χ1n) is 7.88. The summed E-state index contributed by atoms with van der Waals surface area (Å²) in [5, 5.41) is 7.84. The predicted octanol–water partition coefficient (Wildman–Crippen LogP) is 1.28. The number of hydrogen-bond donors (Lipinski definition) is 2. The molecule has 0 bridgehead atoms. The molecule has 1 aliphatic heterocycles. The Bertz CT molecular complexity index is 724. The lowest BCUT2D eigenvalue weighted by atomic mass is 10.0. The minimum atomic E-state index is -0.414. The van der Waals surface area contributed by atoms with Gasteiger partial charge in [0, 0.05) is 26.7 Å². The van der Waals surface area contributed by atoms with Crippen LogP contribution in [0.5, 0.6) is 0 Å². The summed E-state index contributed by atoms with van der Waals surface area (Å²) in [5.74, 6) is -0.185. The number of carbonyl (C=O) groups is 2. The zero-order chi connectivity index (χ0) is 16.2. The number of nitrogens with one attached hydrogen (secondary N) is 2. The van der Waals surface area contributed by atoms with Crippen molar-refractivity contribution in [1.29, 1.82) is 0 Å². The van der Waals surface area contributed by atoms with Gasteiger partial charge >= 0.3 is 0 Å². The van der Waals surface area contributed by atoms with Gasteiger partial charge in [-0.25, -0.2) is 0 Å². The molecule has 120 valence electrons. The van der Waals surface area contributed by atoms with Crippen molar-refractivity contribution in [3.8, 4) is 0 Å². The van der Waals surface area contributed by atoms with Gasteiger partial charge in [0.2, 0.25) is 11.8 Å². The van der Waals surface area contributed by atoms with E-state index in [1.54, 1.807) is 7.05 Å². The summed E-state index contributed by atoms with van der Waals surface area (Å²) in [6.07, 6.45) is 0.188. The van der Waals surface area contributed by atoms with Crippen LogP contribution < -0.4 is 10.6 Å². The Morgan fingerprint density at radius 3 is 2.87 bits per heavy atom. The van der Waals surface area contributed by atoms with E-state index in [0.717, 1.165) is 6.54 Å². The number of hydrogen-bond acceptors (Lipinski definition) is 3. The highest BCUT2D eigenvalue weighted by atomic mass is 16.2. The van der Waals surface area contributed by atoms with Gasteiger partial charge in [-0.05, 0) is 16.3 Å². The van der Waals surface area contributed by atoms with E-state index in [2.05, 4.69) is 39.8 Å². The van der Waals surface area contributed by atoms with E-state index in [4.69, 9.17) is 0 Å². The lowest BCUT2D eigenvalue weighted by Gasteiger charge is -2.34. The van der Waals surface area contributed by atoms with E-state index in [9.17, 15) is 9.59 Å². The third kappa shape index (κ3) is 3.35. The molecule has 2 aromatic rings. The summed E-state index contributed by atoms with van der Waals surface area (Å²) < 4.78 is 0. The highest BCUT2D eigenvalue weighted by Crippen LogP contribution is 2.22. The second-order valence-corrected chi connectivity index (χ2v) is 5.79. The quantitative estimate of drug-likeness (QED) is 0.894. The third-order valence-corrected chi connectivity index (χ3v) is 4.35. The van der Waals surface area contributed by atoms with Crippen molar-refractivity contribution in [1.82, 2.24) is 15.5 Å². The van der Waals surface area contributed by atoms with E-state index >= 15 is 0 Å². The third-order valence-electron chi connectivity index (χ3n) is 4.35. The molecular formula is C18H21N3O2. The van der Waals surface area contributed by atoms with Crippen LogP contribution in [0.25, 0.3) is 10.8 Å². The zero-order valence-corrected chi connectivity index (χ0v) is 13.2. The van der Waals surface area contributed by atoms with Crippen molar-refractivity contribution in [3.63, 3.8) is 0 Å². The molecule has 0 spiro atoms. The molecule has 0 radical (unpaired) electrons. The van der Waals surface area contributed by atoms with E-state index in [0.29, 0.717) is 13.1 Å². The van der Waals surface area contributed by atoms with Crippen LogP contribution in [0, 0.1) is 0 Å². The maximum Gasteiger partial charge on any atom is 0.237 e. The molecule has 2 aromatic carbocycles. The Morgan fingerprint density at radius 2 is 2.04 bits per heavy atom. The lowest BCUT2D eigenvalue weighted by Crippen LogP contribution is -2.56. The molecule has 3 rings (SSSR count). The van der Waals surface area contributed by atoms with Crippen molar-refractivity contribution < 1.29 is 9.59 Å². The summed E-state index contributed by atoms with van der Waals surface area (Å²) in [7, 11) is 1.60.